The number of rotatable bonds is 5. The minimum Gasteiger partial charge on any atom is -0.456 e. The van der Waals surface area contributed by atoms with Gasteiger partial charge in [-0.3, -0.25) is 19.3 Å². The maximum absolute atomic E-state index is 12.7. The van der Waals surface area contributed by atoms with E-state index in [1.165, 1.54) is 0 Å². The van der Waals surface area contributed by atoms with Crippen LogP contribution in [-0.4, -0.2) is 89.7 Å². The lowest BCUT2D eigenvalue weighted by molar-refractivity contribution is -0.117. The van der Waals surface area contributed by atoms with Gasteiger partial charge in [0.15, 0.2) is 5.76 Å². The zero-order valence-corrected chi connectivity index (χ0v) is 19.0. The molecule has 32 heavy (non-hydrogen) atoms. The third-order valence-corrected chi connectivity index (χ3v) is 6.61. The van der Waals surface area contributed by atoms with Crippen molar-refractivity contribution in [2.75, 3.05) is 62.6 Å². The van der Waals surface area contributed by atoms with Gasteiger partial charge in [0.2, 0.25) is 5.91 Å². The van der Waals surface area contributed by atoms with Crippen molar-refractivity contribution in [1.29, 1.82) is 0 Å². The standard InChI is InChI=1S/C23H28N4O4S/c1-17-5-6-20(31-17)23(30)26-9-7-25(8-10-26)16-21(28)24-19-4-2-3-18(15-19)22(29)27-11-13-32-14-12-27/h2-6,15H,7-14,16H2,1H3,(H,24,28). The van der Waals surface area contributed by atoms with Gasteiger partial charge in [-0.15, -0.1) is 0 Å². The van der Waals surface area contributed by atoms with Gasteiger partial charge in [0.05, 0.1) is 6.54 Å². The molecular formula is C23H28N4O4S. The molecule has 0 atom stereocenters. The van der Waals surface area contributed by atoms with E-state index in [4.69, 9.17) is 4.42 Å². The van der Waals surface area contributed by atoms with Crippen molar-refractivity contribution >= 4 is 35.2 Å². The molecule has 0 bridgehead atoms. The third kappa shape index (κ3) is 5.52. The second-order valence-electron chi connectivity index (χ2n) is 8.01. The molecule has 1 aromatic heterocycles. The normalized spacial score (nSPS) is 17.3. The van der Waals surface area contributed by atoms with E-state index >= 15 is 0 Å². The summed E-state index contributed by atoms with van der Waals surface area (Å²) in [7, 11) is 0. The third-order valence-electron chi connectivity index (χ3n) is 5.67. The molecule has 3 heterocycles. The molecule has 0 aliphatic carbocycles. The average Bonchev–Trinajstić information content (AvgIpc) is 3.25. The number of nitrogens with one attached hydrogen (secondary N) is 1. The Morgan fingerprint density at radius 1 is 0.938 bits per heavy atom. The molecule has 0 unspecified atom stereocenters. The summed E-state index contributed by atoms with van der Waals surface area (Å²) in [6, 6.07) is 10.6. The maximum atomic E-state index is 12.7. The van der Waals surface area contributed by atoms with Crippen LogP contribution >= 0.6 is 11.8 Å². The Labute approximate surface area is 191 Å². The summed E-state index contributed by atoms with van der Waals surface area (Å²) in [6.45, 7) is 5.89. The molecular weight excluding hydrogens is 428 g/mol. The smallest absolute Gasteiger partial charge is 0.289 e. The van der Waals surface area contributed by atoms with Crippen LogP contribution in [0.2, 0.25) is 0 Å². The fraction of sp³-hybridized carbons (Fsp3) is 0.435. The highest BCUT2D eigenvalue weighted by atomic mass is 32.2. The van der Waals surface area contributed by atoms with Crippen molar-refractivity contribution in [3.8, 4) is 0 Å². The Morgan fingerprint density at radius 2 is 1.66 bits per heavy atom. The fourth-order valence-electron chi connectivity index (χ4n) is 3.90. The van der Waals surface area contributed by atoms with Crippen molar-refractivity contribution in [2.24, 2.45) is 0 Å². The molecule has 2 fully saturated rings. The highest BCUT2D eigenvalue weighted by Gasteiger charge is 2.25. The number of carbonyl (C=O) groups excluding carboxylic acids is 3. The Morgan fingerprint density at radius 3 is 2.34 bits per heavy atom. The quantitative estimate of drug-likeness (QED) is 0.742. The Balaban J connectivity index is 1.26. The fourth-order valence-corrected chi connectivity index (χ4v) is 4.80. The van der Waals surface area contributed by atoms with Crippen LogP contribution < -0.4 is 5.32 Å². The highest BCUT2D eigenvalue weighted by Crippen LogP contribution is 2.17. The van der Waals surface area contributed by atoms with Crippen molar-refractivity contribution < 1.29 is 18.8 Å². The largest absolute Gasteiger partial charge is 0.456 e. The lowest BCUT2D eigenvalue weighted by Crippen LogP contribution is -2.50. The summed E-state index contributed by atoms with van der Waals surface area (Å²) in [4.78, 5) is 43.4. The zero-order valence-electron chi connectivity index (χ0n) is 18.2. The van der Waals surface area contributed by atoms with Crippen molar-refractivity contribution in [2.45, 2.75) is 6.92 Å². The number of hydrogen-bond acceptors (Lipinski definition) is 6. The van der Waals surface area contributed by atoms with E-state index in [-0.39, 0.29) is 24.3 Å². The second-order valence-corrected chi connectivity index (χ2v) is 9.24. The van der Waals surface area contributed by atoms with Crippen LogP contribution in [0.1, 0.15) is 26.7 Å². The number of carbonyl (C=O) groups is 3. The molecule has 4 rings (SSSR count). The number of benzene rings is 1. The minimum atomic E-state index is -0.134. The number of nitrogens with zero attached hydrogens (tertiary/aromatic N) is 3. The van der Waals surface area contributed by atoms with E-state index in [1.54, 1.807) is 41.3 Å². The summed E-state index contributed by atoms with van der Waals surface area (Å²) < 4.78 is 5.42. The molecule has 8 nitrogen and oxygen atoms in total. The van der Waals surface area contributed by atoms with Crippen LogP contribution in [0.3, 0.4) is 0 Å². The van der Waals surface area contributed by atoms with Gasteiger partial charge >= 0.3 is 0 Å². The molecule has 2 saturated heterocycles. The lowest BCUT2D eigenvalue weighted by Gasteiger charge is -2.33. The van der Waals surface area contributed by atoms with Gasteiger partial charge in [-0.2, -0.15) is 11.8 Å². The number of aryl methyl sites for hydroxylation is 1. The lowest BCUT2D eigenvalue weighted by atomic mass is 10.1. The van der Waals surface area contributed by atoms with Crippen LogP contribution in [0.5, 0.6) is 0 Å². The van der Waals surface area contributed by atoms with E-state index in [0.29, 0.717) is 49.0 Å². The first-order valence-corrected chi connectivity index (χ1v) is 12.0. The second kappa shape index (κ2) is 10.2. The minimum absolute atomic E-state index is 0.00828. The summed E-state index contributed by atoms with van der Waals surface area (Å²) in [5.41, 5.74) is 1.21. The predicted octanol–water partition coefficient (Wildman–Crippen LogP) is 2.17. The Bertz CT molecular complexity index is 978. The molecule has 2 aliphatic heterocycles. The van der Waals surface area contributed by atoms with E-state index < -0.39 is 0 Å². The van der Waals surface area contributed by atoms with Crippen molar-refractivity contribution in [3.05, 3.63) is 53.5 Å². The molecule has 0 radical (unpaired) electrons. The molecule has 2 aromatic rings. The Kier molecular flexibility index (Phi) is 7.16. The van der Waals surface area contributed by atoms with Crippen molar-refractivity contribution in [3.63, 3.8) is 0 Å². The molecule has 9 heteroatoms. The van der Waals surface area contributed by atoms with Crippen molar-refractivity contribution in [1.82, 2.24) is 14.7 Å². The van der Waals surface area contributed by atoms with Gasteiger partial charge in [0.25, 0.3) is 11.8 Å². The van der Waals surface area contributed by atoms with Gasteiger partial charge in [-0.1, -0.05) is 6.07 Å². The summed E-state index contributed by atoms with van der Waals surface area (Å²) in [5, 5.41) is 2.90. The highest BCUT2D eigenvalue weighted by molar-refractivity contribution is 7.99. The number of furan rings is 1. The van der Waals surface area contributed by atoms with E-state index in [9.17, 15) is 14.4 Å². The molecule has 1 aromatic carbocycles. The van der Waals surface area contributed by atoms with E-state index in [1.807, 2.05) is 28.5 Å². The van der Waals surface area contributed by atoms with E-state index in [2.05, 4.69) is 5.32 Å². The van der Waals surface area contributed by atoms with Crippen LogP contribution in [0, 0.1) is 6.92 Å². The number of hydrogen-bond donors (Lipinski definition) is 1. The van der Waals surface area contributed by atoms with E-state index in [0.717, 1.165) is 24.6 Å². The monoisotopic (exact) mass is 456 g/mol. The Hall–Kier alpha value is -2.78. The molecule has 0 spiro atoms. The van der Waals surface area contributed by atoms with Crippen LogP contribution in [0.15, 0.2) is 40.8 Å². The summed E-state index contributed by atoms with van der Waals surface area (Å²) >= 11 is 1.86. The summed E-state index contributed by atoms with van der Waals surface area (Å²) in [5.74, 6) is 2.75. The van der Waals surface area contributed by atoms with Gasteiger partial charge in [0, 0.05) is 62.0 Å². The van der Waals surface area contributed by atoms with Crippen LogP contribution in [0.4, 0.5) is 5.69 Å². The number of anilines is 1. The number of thioether (sulfide) groups is 1. The van der Waals surface area contributed by atoms with Gasteiger partial charge in [-0.05, 0) is 37.3 Å². The number of piperazine rings is 1. The zero-order chi connectivity index (χ0) is 22.5. The number of amides is 3. The average molecular weight is 457 g/mol. The molecule has 1 N–H and O–H groups in total. The first-order valence-electron chi connectivity index (χ1n) is 10.8. The molecule has 3 amide bonds. The first-order chi connectivity index (χ1) is 15.5. The maximum Gasteiger partial charge on any atom is 0.289 e. The summed E-state index contributed by atoms with van der Waals surface area (Å²) in [6.07, 6.45) is 0. The van der Waals surface area contributed by atoms with Crippen LogP contribution in [-0.2, 0) is 4.79 Å². The van der Waals surface area contributed by atoms with Gasteiger partial charge in [0.1, 0.15) is 5.76 Å². The van der Waals surface area contributed by atoms with Crippen LogP contribution in [0.25, 0.3) is 0 Å². The van der Waals surface area contributed by atoms with Gasteiger partial charge < -0.3 is 19.5 Å². The molecule has 2 aliphatic rings. The first kappa shape index (κ1) is 22.4. The topological polar surface area (TPSA) is 86.1 Å². The molecule has 0 saturated carbocycles. The van der Waals surface area contributed by atoms with Gasteiger partial charge in [-0.25, -0.2) is 0 Å². The SMILES string of the molecule is Cc1ccc(C(=O)N2CCN(CC(=O)Nc3cccc(C(=O)N4CCSCC4)c3)CC2)o1. The molecule has 170 valence electrons. The predicted molar refractivity (Wildman–Crippen MR) is 124 cm³/mol.